The summed E-state index contributed by atoms with van der Waals surface area (Å²) in [5.41, 5.74) is 5.73. The minimum Gasteiger partial charge on any atom is -0.396 e. The molecule has 0 saturated heterocycles. The standard InChI is InChI=1S/C8H20N2O/c1-3-10(4-2)7-8(9)5-6-11/h8,11H,3-7,9H2,1-2H3. The van der Waals surface area contributed by atoms with Crippen molar-refractivity contribution in [2.24, 2.45) is 5.73 Å². The van der Waals surface area contributed by atoms with Gasteiger partial charge in [-0.15, -0.1) is 0 Å². The van der Waals surface area contributed by atoms with Gasteiger partial charge in [-0.1, -0.05) is 13.8 Å². The Balaban J connectivity index is 3.44. The van der Waals surface area contributed by atoms with Crippen molar-refractivity contribution in [3.63, 3.8) is 0 Å². The van der Waals surface area contributed by atoms with Crippen molar-refractivity contribution in [1.82, 2.24) is 4.90 Å². The van der Waals surface area contributed by atoms with E-state index >= 15 is 0 Å². The summed E-state index contributed by atoms with van der Waals surface area (Å²) in [4.78, 5) is 2.26. The van der Waals surface area contributed by atoms with Gasteiger partial charge in [-0.2, -0.15) is 0 Å². The molecule has 0 aromatic heterocycles. The number of rotatable bonds is 6. The molecule has 0 spiro atoms. The van der Waals surface area contributed by atoms with Crippen LogP contribution in [0.4, 0.5) is 0 Å². The molecule has 11 heavy (non-hydrogen) atoms. The molecule has 1 atom stereocenters. The molecule has 0 heterocycles. The predicted molar refractivity (Wildman–Crippen MR) is 47.5 cm³/mol. The van der Waals surface area contributed by atoms with Crippen LogP contribution in [0.15, 0.2) is 0 Å². The molecule has 0 amide bonds. The highest BCUT2D eigenvalue weighted by molar-refractivity contribution is 4.65. The summed E-state index contributed by atoms with van der Waals surface area (Å²) in [6.45, 7) is 7.41. The van der Waals surface area contributed by atoms with Crippen molar-refractivity contribution < 1.29 is 5.11 Å². The zero-order valence-corrected chi connectivity index (χ0v) is 7.58. The second-order valence-corrected chi connectivity index (χ2v) is 2.76. The van der Waals surface area contributed by atoms with Gasteiger partial charge in [-0.05, 0) is 19.5 Å². The van der Waals surface area contributed by atoms with Crippen LogP contribution in [0.1, 0.15) is 20.3 Å². The molecule has 3 N–H and O–H groups in total. The molecule has 0 aliphatic heterocycles. The maximum Gasteiger partial charge on any atom is 0.0446 e. The molecule has 0 aromatic carbocycles. The van der Waals surface area contributed by atoms with E-state index in [1.165, 1.54) is 0 Å². The molecular formula is C8H20N2O. The van der Waals surface area contributed by atoms with Gasteiger partial charge in [-0.25, -0.2) is 0 Å². The van der Waals surface area contributed by atoms with Crippen LogP contribution < -0.4 is 5.73 Å². The van der Waals surface area contributed by atoms with Crippen molar-refractivity contribution in [1.29, 1.82) is 0 Å². The van der Waals surface area contributed by atoms with E-state index in [1.54, 1.807) is 0 Å². The van der Waals surface area contributed by atoms with Gasteiger partial charge in [0.05, 0.1) is 0 Å². The third kappa shape index (κ3) is 5.18. The van der Waals surface area contributed by atoms with Crippen LogP contribution in [0.2, 0.25) is 0 Å². The van der Waals surface area contributed by atoms with E-state index < -0.39 is 0 Å². The number of aliphatic hydroxyl groups excluding tert-OH is 1. The molecule has 3 heteroatoms. The topological polar surface area (TPSA) is 49.5 Å². The summed E-state index contributed by atoms with van der Waals surface area (Å²) in [5.74, 6) is 0. The Bertz CT molecular complexity index is 84.2. The Hall–Kier alpha value is -0.120. The second kappa shape index (κ2) is 6.58. The maximum absolute atomic E-state index is 8.60. The van der Waals surface area contributed by atoms with Gasteiger partial charge in [0.25, 0.3) is 0 Å². The monoisotopic (exact) mass is 160 g/mol. The number of nitrogens with two attached hydrogens (primary N) is 1. The first-order chi connectivity index (χ1) is 5.24. The van der Waals surface area contributed by atoms with Gasteiger partial charge in [0, 0.05) is 19.2 Å². The summed E-state index contributed by atoms with van der Waals surface area (Å²) in [6.07, 6.45) is 0.705. The van der Waals surface area contributed by atoms with Crippen molar-refractivity contribution in [2.45, 2.75) is 26.3 Å². The van der Waals surface area contributed by atoms with Crippen molar-refractivity contribution >= 4 is 0 Å². The van der Waals surface area contributed by atoms with E-state index in [1.807, 2.05) is 0 Å². The Morgan fingerprint density at radius 3 is 2.27 bits per heavy atom. The van der Waals surface area contributed by atoms with Crippen LogP contribution in [0.5, 0.6) is 0 Å². The molecule has 1 unspecified atom stereocenters. The van der Waals surface area contributed by atoms with Crippen molar-refractivity contribution in [3.8, 4) is 0 Å². The fourth-order valence-corrected chi connectivity index (χ4v) is 1.07. The van der Waals surface area contributed by atoms with Gasteiger partial charge >= 0.3 is 0 Å². The summed E-state index contributed by atoms with van der Waals surface area (Å²) in [5, 5.41) is 8.60. The molecule has 0 saturated carbocycles. The fraction of sp³-hybridized carbons (Fsp3) is 1.00. The molecule has 0 aliphatic rings. The predicted octanol–water partition coefficient (Wildman–Crippen LogP) is 0.0379. The Labute approximate surface area is 69.2 Å². The third-order valence-electron chi connectivity index (χ3n) is 1.89. The molecule has 3 nitrogen and oxygen atoms in total. The lowest BCUT2D eigenvalue weighted by Crippen LogP contribution is -2.37. The summed E-state index contributed by atoms with van der Waals surface area (Å²) in [6, 6.07) is 0.125. The lowest BCUT2D eigenvalue weighted by Gasteiger charge is -2.21. The van der Waals surface area contributed by atoms with Gasteiger partial charge in [0.1, 0.15) is 0 Å². The molecule has 0 rings (SSSR count). The van der Waals surface area contributed by atoms with Crippen LogP contribution in [-0.4, -0.2) is 42.3 Å². The van der Waals surface area contributed by atoms with Crippen LogP contribution >= 0.6 is 0 Å². The zero-order chi connectivity index (χ0) is 8.69. The van der Waals surface area contributed by atoms with Gasteiger partial charge in [0.15, 0.2) is 0 Å². The first-order valence-corrected chi connectivity index (χ1v) is 4.33. The second-order valence-electron chi connectivity index (χ2n) is 2.76. The van der Waals surface area contributed by atoms with Gasteiger partial charge < -0.3 is 15.7 Å². The fourth-order valence-electron chi connectivity index (χ4n) is 1.07. The van der Waals surface area contributed by atoms with E-state index in [0.717, 1.165) is 19.6 Å². The summed E-state index contributed by atoms with van der Waals surface area (Å²) >= 11 is 0. The molecule has 68 valence electrons. The normalized spacial score (nSPS) is 13.9. The van der Waals surface area contributed by atoms with E-state index in [-0.39, 0.29) is 12.6 Å². The van der Waals surface area contributed by atoms with Crippen LogP contribution in [-0.2, 0) is 0 Å². The maximum atomic E-state index is 8.60. The molecule has 0 bridgehead atoms. The number of likely N-dealkylation sites (N-methyl/N-ethyl adjacent to an activating group) is 1. The smallest absolute Gasteiger partial charge is 0.0446 e. The quantitative estimate of drug-likeness (QED) is 0.576. The van der Waals surface area contributed by atoms with E-state index in [0.29, 0.717) is 6.42 Å². The molecular weight excluding hydrogens is 140 g/mol. The first kappa shape index (κ1) is 10.9. The van der Waals surface area contributed by atoms with E-state index in [4.69, 9.17) is 10.8 Å². The molecule has 0 aliphatic carbocycles. The molecule has 0 aromatic rings. The number of hydrogen-bond acceptors (Lipinski definition) is 3. The van der Waals surface area contributed by atoms with Crippen LogP contribution in [0.25, 0.3) is 0 Å². The van der Waals surface area contributed by atoms with Crippen LogP contribution in [0.3, 0.4) is 0 Å². The largest absolute Gasteiger partial charge is 0.396 e. The minimum atomic E-state index is 0.125. The number of hydrogen-bond donors (Lipinski definition) is 2. The molecule has 0 radical (unpaired) electrons. The Kier molecular flexibility index (Phi) is 6.51. The van der Waals surface area contributed by atoms with E-state index in [9.17, 15) is 0 Å². The third-order valence-corrected chi connectivity index (χ3v) is 1.89. The van der Waals surface area contributed by atoms with E-state index in [2.05, 4.69) is 18.7 Å². The number of aliphatic hydroxyl groups is 1. The Morgan fingerprint density at radius 1 is 1.36 bits per heavy atom. The zero-order valence-electron chi connectivity index (χ0n) is 7.58. The summed E-state index contributed by atoms with van der Waals surface area (Å²) in [7, 11) is 0. The van der Waals surface area contributed by atoms with Crippen LogP contribution in [0, 0.1) is 0 Å². The van der Waals surface area contributed by atoms with Crippen molar-refractivity contribution in [3.05, 3.63) is 0 Å². The number of nitrogens with zero attached hydrogens (tertiary/aromatic N) is 1. The highest BCUT2D eigenvalue weighted by Crippen LogP contribution is 1.92. The molecule has 0 fully saturated rings. The average molecular weight is 160 g/mol. The highest BCUT2D eigenvalue weighted by atomic mass is 16.3. The average Bonchev–Trinajstić information content (AvgIpc) is 2.01. The van der Waals surface area contributed by atoms with Crippen molar-refractivity contribution in [2.75, 3.05) is 26.2 Å². The minimum absolute atomic E-state index is 0.125. The lowest BCUT2D eigenvalue weighted by atomic mass is 10.2. The lowest BCUT2D eigenvalue weighted by molar-refractivity contribution is 0.236. The van der Waals surface area contributed by atoms with Gasteiger partial charge in [0.2, 0.25) is 0 Å². The highest BCUT2D eigenvalue weighted by Gasteiger charge is 2.05. The SMILES string of the molecule is CCN(CC)CC(N)CCO. The van der Waals surface area contributed by atoms with Gasteiger partial charge in [-0.3, -0.25) is 0 Å². The summed E-state index contributed by atoms with van der Waals surface area (Å²) < 4.78 is 0. The Morgan fingerprint density at radius 2 is 1.91 bits per heavy atom. The first-order valence-electron chi connectivity index (χ1n) is 4.33.